The van der Waals surface area contributed by atoms with E-state index in [-0.39, 0.29) is 31.1 Å². The minimum atomic E-state index is -0.797. The number of hydrogen-bond acceptors (Lipinski definition) is 6. The first-order valence-corrected chi connectivity index (χ1v) is 35.7. The maximum Gasteiger partial charge on any atom is 0.306 e. The molecule has 0 bridgehead atoms. The van der Waals surface area contributed by atoms with Gasteiger partial charge in [0, 0.05) is 19.3 Å². The number of hydrogen-bond donors (Lipinski definition) is 0. The number of carbonyl (C=O) groups is 3. The number of rotatable bonds is 65. The van der Waals surface area contributed by atoms with Crippen molar-refractivity contribution in [2.45, 2.75) is 361 Å². The Morgan fingerprint density at radius 3 is 0.747 bits per heavy atom. The van der Waals surface area contributed by atoms with Gasteiger partial charge >= 0.3 is 17.9 Å². The topological polar surface area (TPSA) is 78.9 Å². The normalized spacial score (nSPS) is 12.7. The lowest BCUT2D eigenvalue weighted by molar-refractivity contribution is -0.167. The summed E-state index contributed by atoms with van der Waals surface area (Å²) in [5.41, 5.74) is 0. The summed E-state index contributed by atoms with van der Waals surface area (Å²) in [5, 5.41) is 0. The highest BCUT2D eigenvalue weighted by atomic mass is 16.6. The van der Waals surface area contributed by atoms with Gasteiger partial charge in [-0.05, 0) is 122 Å². The van der Waals surface area contributed by atoms with Crippen molar-refractivity contribution < 1.29 is 28.6 Å². The van der Waals surface area contributed by atoms with E-state index in [2.05, 4.69) is 118 Å². The van der Waals surface area contributed by atoms with E-state index < -0.39 is 6.10 Å². The Labute approximate surface area is 515 Å². The molecule has 83 heavy (non-hydrogen) atoms. The summed E-state index contributed by atoms with van der Waals surface area (Å²) >= 11 is 0. The van der Waals surface area contributed by atoms with Crippen LogP contribution in [0.4, 0.5) is 0 Å². The summed E-state index contributed by atoms with van der Waals surface area (Å²) in [6, 6.07) is 0. The van der Waals surface area contributed by atoms with Gasteiger partial charge in [0.25, 0.3) is 0 Å². The molecule has 0 N–H and O–H groups in total. The van der Waals surface area contributed by atoms with Crippen molar-refractivity contribution in [3.8, 4) is 0 Å². The Hall–Kier alpha value is -3.67. The SMILES string of the molecule is CC/C=C\C/C=C\C/C=C\C/C=C\C/C=C\C/C=C\CCCCCCC(=O)OC(COC(=O)CCCCCCC/C=C\CCCCCCCC)COC(=O)CCCCCCCCCCCCCCCCC/C=C\CCCCCCCCCC. The molecule has 0 spiro atoms. The molecule has 0 heterocycles. The van der Waals surface area contributed by atoms with Crippen LogP contribution in [0.25, 0.3) is 0 Å². The van der Waals surface area contributed by atoms with Crippen LogP contribution in [0.5, 0.6) is 0 Å². The molecule has 0 aromatic rings. The molecule has 0 aliphatic carbocycles. The average molecular weight is 1160 g/mol. The van der Waals surface area contributed by atoms with Gasteiger partial charge in [-0.15, -0.1) is 0 Å². The van der Waals surface area contributed by atoms with E-state index in [9.17, 15) is 14.4 Å². The van der Waals surface area contributed by atoms with E-state index >= 15 is 0 Å². The highest BCUT2D eigenvalue weighted by Gasteiger charge is 2.19. The third-order valence-corrected chi connectivity index (χ3v) is 15.5. The molecule has 1 unspecified atom stereocenters. The first-order valence-electron chi connectivity index (χ1n) is 35.7. The molecule has 0 rings (SSSR count). The van der Waals surface area contributed by atoms with E-state index in [1.165, 1.54) is 199 Å². The zero-order valence-electron chi connectivity index (χ0n) is 54.9. The van der Waals surface area contributed by atoms with E-state index in [1.54, 1.807) is 0 Å². The van der Waals surface area contributed by atoms with Gasteiger partial charge in [-0.2, -0.15) is 0 Å². The summed E-state index contributed by atoms with van der Waals surface area (Å²) in [6.07, 6.45) is 95.8. The van der Waals surface area contributed by atoms with Crippen molar-refractivity contribution >= 4 is 17.9 Å². The van der Waals surface area contributed by atoms with Gasteiger partial charge in [-0.1, -0.05) is 311 Å². The monoisotopic (exact) mass is 1160 g/mol. The van der Waals surface area contributed by atoms with Crippen molar-refractivity contribution in [1.29, 1.82) is 0 Å². The molecule has 0 aliphatic heterocycles. The first kappa shape index (κ1) is 79.3. The van der Waals surface area contributed by atoms with Crippen LogP contribution in [-0.2, 0) is 28.6 Å². The fourth-order valence-corrected chi connectivity index (χ4v) is 10.2. The molecule has 0 radical (unpaired) electrons. The van der Waals surface area contributed by atoms with Crippen LogP contribution in [0.15, 0.2) is 97.2 Å². The van der Waals surface area contributed by atoms with E-state index in [4.69, 9.17) is 14.2 Å². The Balaban J connectivity index is 4.35. The molecule has 6 nitrogen and oxygen atoms in total. The summed E-state index contributed by atoms with van der Waals surface area (Å²) < 4.78 is 17.0. The van der Waals surface area contributed by atoms with E-state index in [1.807, 2.05) is 0 Å². The lowest BCUT2D eigenvalue weighted by Gasteiger charge is -2.18. The van der Waals surface area contributed by atoms with Gasteiger partial charge in [0.1, 0.15) is 13.2 Å². The molecular weight excluding hydrogens is 1020 g/mol. The lowest BCUT2D eigenvalue weighted by atomic mass is 10.0. The molecule has 0 saturated heterocycles. The van der Waals surface area contributed by atoms with E-state index in [0.29, 0.717) is 19.3 Å². The molecule has 1 atom stereocenters. The molecule has 0 saturated carbocycles. The second-order valence-electron chi connectivity index (χ2n) is 23.8. The Bertz CT molecular complexity index is 1610. The van der Waals surface area contributed by atoms with Crippen LogP contribution in [-0.4, -0.2) is 37.2 Å². The number of carbonyl (C=O) groups excluding carboxylic acids is 3. The van der Waals surface area contributed by atoms with Gasteiger partial charge in [-0.25, -0.2) is 0 Å². The fourth-order valence-electron chi connectivity index (χ4n) is 10.2. The smallest absolute Gasteiger partial charge is 0.306 e. The van der Waals surface area contributed by atoms with Crippen molar-refractivity contribution in [2.75, 3.05) is 13.2 Å². The zero-order valence-corrected chi connectivity index (χ0v) is 54.9. The summed E-state index contributed by atoms with van der Waals surface area (Å²) in [4.78, 5) is 38.5. The first-order chi connectivity index (χ1) is 41.0. The third-order valence-electron chi connectivity index (χ3n) is 15.5. The lowest BCUT2D eigenvalue weighted by Crippen LogP contribution is -2.30. The highest BCUT2D eigenvalue weighted by molar-refractivity contribution is 5.71. The molecule has 6 heteroatoms. The highest BCUT2D eigenvalue weighted by Crippen LogP contribution is 2.17. The summed E-state index contributed by atoms with van der Waals surface area (Å²) in [6.45, 7) is 6.54. The van der Waals surface area contributed by atoms with Crippen LogP contribution in [0.1, 0.15) is 355 Å². The van der Waals surface area contributed by atoms with Gasteiger partial charge < -0.3 is 14.2 Å². The maximum atomic E-state index is 13.0. The summed E-state index contributed by atoms with van der Waals surface area (Å²) in [7, 11) is 0. The summed E-state index contributed by atoms with van der Waals surface area (Å²) in [5.74, 6) is -0.907. The standard InChI is InChI=1S/C77H134O6/c1-4-7-10-13-16-19-22-25-28-30-32-34-36-37-38-39-41-42-44-46-49-52-55-58-61-64-67-70-76(79)82-73-74(72-81-75(78)69-66-63-60-57-54-51-48-27-24-21-18-15-12-9-6-3)83-77(80)71-68-65-62-59-56-53-50-47-45-43-40-35-33-31-29-26-23-20-17-14-11-8-5-2/h8,11,17,20,26-27,29-30,32-33,35,43,45,48,50,53,74H,4-7,9-10,12-16,18-19,21-25,28,31,34,36-42,44,46-47,49,51-52,54-73H2,1-3H3/b11-8-,20-17-,29-26-,32-30-,35-33-,45-43-,48-27-,53-50-. The molecule has 0 aliphatic rings. The van der Waals surface area contributed by atoms with Crippen LogP contribution in [0, 0.1) is 0 Å². The minimum Gasteiger partial charge on any atom is -0.462 e. The quantitative estimate of drug-likeness (QED) is 0.0261. The third kappa shape index (κ3) is 69.0. The molecule has 0 amide bonds. The number of esters is 3. The van der Waals surface area contributed by atoms with Crippen molar-refractivity contribution in [1.82, 2.24) is 0 Å². The zero-order chi connectivity index (χ0) is 59.9. The number of ether oxygens (including phenoxy) is 3. The second-order valence-corrected chi connectivity index (χ2v) is 23.8. The molecular formula is C77H134O6. The Morgan fingerprint density at radius 2 is 0.470 bits per heavy atom. The molecule has 0 aromatic carbocycles. The van der Waals surface area contributed by atoms with Gasteiger partial charge in [0.2, 0.25) is 0 Å². The van der Waals surface area contributed by atoms with Crippen molar-refractivity contribution in [3.63, 3.8) is 0 Å². The van der Waals surface area contributed by atoms with Gasteiger partial charge in [0.05, 0.1) is 0 Å². The molecule has 0 aromatic heterocycles. The molecule has 0 fully saturated rings. The van der Waals surface area contributed by atoms with Gasteiger partial charge in [-0.3, -0.25) is 14.4 Å². The molecule has 478 valence electrons. The Morgan fingerprint density at radius 1 is 0.253 bits per heavy atom. The predicted molar refractivity (Wildman–Crippen MR) is 362 cm³/mol. The van der Waals surface area contributed by atoms with Crippen LogP contribution >= 0.6 is 0 Å². The maximum absolute atomic E-state index is 13.0. The van der Waals surface area contributed by atoms with Gasteiger partial charge in [0.15, 0.2) is 6.10 Å². The van der Waals surface area contributed by atoms with Crippen LogP contribution in [0.2, 0.25) is 0 Å². The van der Waals surface area contributed by atoms with Crippen molar-refractivity contribution in [2.24, 2.45) is 0 Å². The van der Waals surface area contributed by atoms with E-state index in [0.717, 1.165) is 116 Å². The number of unbranched alkanes of at least 4 members (excludes halogenated alkanes) is 38. The Kier molecular flexibility index (Phi) is 67.7. The predicted octanol–water partition coefficient (Wildman–Crippen LogP) is 24.8. The average Bonchev–Trinajstić information content (AvgIpc) is 3.49. The van der Waals surface area contributed by atoms with Crippen molar-refractivity contribution in [3.05, 3.63) is 97.2 Å². The fraction of sp³-hybridized carbons (Fsp3) is 0.753. The second kappa shape index (κ2) is 70.8. The van der Waals surface area contributed by atoms with Crippen LogP contribution in [0.3, 0.4) is 0 Å². The minimum absolute atomic E-state index is 0.0888. The number of allylic oxidation sites excluding steroid dienone is 16. The van der Waals surface area contributed by atoms with Crippen LogP contribution < -0.4 is 0 Å². The largest absolute Gasteiger partial charge is 0.462 e.